The van der Waals surface area contributed by atoms with Crippen LogP contribution in [-0.2, 0) is 9.59 Å². The van der Waals surface area contributed by atoms with Gasteiger partial charge in [-0.15, -0.1) is 0 Å². The molecule has 1 aliphatic heterocycles. The van der Waals surface area contributed by atoms with Crippen molar-refractivity contribution >= 4 is 17.5 Å². The predicted molar refractivity (Wildman–Crippen MR) is 109 cm³/mol. The second kappa shape index (κ2) is 10.3. The lowest BCUT2D eigenvalue weighted by Crippen LogP contribution is -2.54. The van der Waals surface area contributed by atoms with E-state index in [9.17, 15) is 9.59 Å². The SMILES string of the molecule is C=C(N)NCCC[C@@H](C(=O)C(C)C)N1CCC(C(C)C)[C@@H](CC(N)=O)C1=N. The molecule has 0 spiro atoms. The summed E-state index contributed by atoms with van der Waals surface area (Å²) in [5.41, 5.74) is 11.0. The van der Waals surface area contributed by atoms with Gasteiger partial charge in [-0.1, -0.05) is 34.3 Å². The van der Waals surface area contributed by atoms with Crippen LogP contribution in [0.2, 0.25) is 0 Å². The average molecular weight is 380 g/mol. The Bertz CT molecular complexity index is 559. The molecule has 27 heavy (non-hydrogen) atoms. The van der Waals surface area contributed by atoms with E-state index >= 15 is 0 Å². The minimum atomic E-state index is -0.394. The lowest BCUT2D eigenvalue weighted by atomic mass is 9.75. The van der Waals surface area contributed by atoms with E-state index in [1.807, 2.05) is 18.7 Å². The molecule has 1 aliphatic rings. The summed E-state index contributed by atoms with van der Waals surface area (Å²) in [7, 11) is 0. The molecule has 0 aromatic heterocycles. The van der Waals surface area contributed by atoms with Crippen molar-refractivity contribution in [1.29, 1.82) is 5.41 Å². The van der Waals surface area contributed by atoms with Gasteiger partial charge >= 0.3 is 0 Å². The van der Waals surface area contributed by atoms with E-state index in [4.69, 9.17) is 16.9 Å². The first-order valence-corrected chi connectivity index (χ1v) is 9.91. The number of amides is 1. The predicted octanol–water partition coefficient (Wildman–Crippen LogP) is 1.83. The normalized spacial score (nSPS) is 21.4. The molecular weight excluding hydrogens is 342 g/mol. The first kappa shape index (κ1) is 23.0. The number of amidine groups is 1. The second-order valence-corrected chi connectivity index (χ2v) is 8.22. The van der Waals surface area contributed by atoms with Crippen molar-refractivity contribution in [3.63, 3.8) is 0 Å². The molecule has 1 rings (SSSR count). The minimum Gasteiger partial charge on any atom is -0.386 e. The Balaban J connectivity index is 2.98. The van der Waals surface area contributed by atoms with Crippen LogP contribution < -0.4 is 16.8 Å². The number of nitrogens with one attached hydrogen (secondary N) is 2. The molecule has 1 saturated heterocycles. The number of hydrogen-bond donors (Lipinski definition) is 4. The van der Waals surface area contributed by atoms with Gasteiger partial charge in [0.2, 0.25) is 5.91 Å². The Hall–Kier alpha value is -2.05. The molecule has 7 nitrogen and oxygen atoms in total. The molecule has 1 amide bonds. The largest absolute Gasteiger partial charge is 0.386 e. The van der Waals surface area contributed by atoms with Crippen molar-refractivity contribution in [1.82, 2.24) is 10.2 Å². The Morgan fingerprint density at radius 2 is 1.93 bits per heavy atom. The molecule has 0 aromatic rings. The number of primary amides is 1. The third kappa shape index (κ3) is 6.56. The summed E-state index contributed by atoms with van der Waals surface area (Å²) >= 11 is 0. The fourth-order valence-corrected chi connectivity index (χ4v) is 3.99. The maximum Gasteiger partial charge on any atom is 0.218 e. The number of piperidine rings is 1. The molecule has 0 aliphatic carbocycles. The number of nitrogens with two attached hydrogens (primary N) is 2. The van der Waals surface area contributed by atoms with Gasteiger partial charge in [-0.3, -0.25) is 15.0 Å². The first-order valence-electron chi connectivity index (χ1n) is 9.91. The number of hydrogen-bond acceptors (Lipinski definition) is 5. The highest BCUT2D eigenvalue weighted by atomic mass is 16.1. The number of likely N-dealkylation sites (tertiary alicyclic amines) is 1. The highest BCUT2D eigenvalue weighted by Gasteiger charge is 2.40. The number of rotatable bonds is 11. The van der Waals surface area contributed by atoms with Crippen molar-refractivity contribution in [2.75, 3.05) is 13.1 Å². The van der Waals surface area contributed by atoms with Crippen LogP contribution in [-0.4, -0.2) is 41.6 Å². The number of carbonyl (C=O) groups excluding carboxylic acids is 2. The van der Waals surface area contributed by atoms with Crippen LogP contribution in [0.5, 0.6) is 0 Å². The standard InChI is InChI=1S/C20H37N5O2/c1-12(2)15-8-10-25(20(23)16(15)11-18(22)26)17(19(27)13(3)4)7-6-9-24-14(5)21/h12-13,15-17,23-24H,5-11,21H2,1-4H3,(H2,22,26)/t15?,16-,17+/m1/s1. The first-order chi connectivity index (χ1) is 12.6. The monoisotopic (exact) mass is 379 g/mol. The van der Waals surface area contributed by atoms with Crippen LogP contribution in [0.15, 0.2) is 12.4 Å². The van der Waals surface area contributed by atoms with Gasteiger partial charge in [0.15, 0.2) is 5.78 Å². The van der Waals surface area contributed by atoms with Crippen molar-refractivity contribution in [2.24, 2.45) is 35.1 Å². The summed E-state index contributed by atoms with van der Waals surface area (Å²) in [6.45, 7) is 12.9. The van der Waals surface area contributed by atoms with Crippen molar-refractivity contribution in [3.05, 3.63) is 12.4 Å². The summed E-state index contributed by atoms with van der Waals surface area (Å²) in [5, 5.41) is 11.7. The van der Waals surface area contributed by atoms with Gasteiger partial charge in [0.25, 0.3) is 0 Å². The maximum atomic E-state index is 12.9. The molecule has 7 heteroatoms. The van der Waals surface area contributed by atoms with Crippen LogP contribution in [0, 0.1) is 29.1 Å². The third-order valence-corrected chi connectivity index (χ3v) is 5.44. The quantitative estimate of drug-likeness (QED) is 0.408. The zero-order valence-electron chi connectivity index (χ0n) is 17.3. The molecule has 0 bridgehead atoms. The van der Waals surface area contributed by atoms with Crippen LogP contribution in [0.25, 0.3) is 0 Å². The fraction of sp³-hybridized carbons (Fsp3) is 0.750. The van der Waals surface area contributed by atoms with E-state index in [1.165, 1.54) is 0 Å². The van der Waals surface area contributed by atoms with Gasteiger partial charge in [-0.25, -0.2) is 0 Å². The van der Waals surface area contributed by atoms with Crippen LogP contribution in [0.3, 0.4) is 0 Å². The lowest BCUT2D eigenvalue weighted by molar-refractivity contribution is -0.126. The Morgan fingerprint density at radius 1 is 1.30 bits per heavy atom. The van der Waals surface area contributed by atoms with Gasteiger partial charge in [0, 0.05) is 31.3 Å². The fourth-order valence-electron chi connectivity index (χ4n) is 3.99. The molecule has 1 heterocycles. The molecular formula is C20H37N5O2. The molecule has 0 radical (unpaired) electrons. The maximum absolute atomic E-state index is 12.9. The Labute approximate surface area is 163 Å². The van der Waals surface area contributed by atoms with Gasteiger partial charge in [-0.2, -0.15) is 0 Å². The second-order valence-electron chi connectivity index (χ2n) is 8.22. The topological polar surface area (TPSA) is 125 Å². The Kier molecular flexibility index (Phi) is 8.79. The summed E-state index contributed by atoms with van der Waals surface area (Å²) in [6, 6.07) is -0.353. The van der Waals surface area contributed by atoms with Crippen molar-refractivity contribution < 1.29 is 9.59 Å². The van der Waals surface area contributed by atoms with Gasteiger partial charge in [0.1, 0.15) is 5.84 Å². The van der Waals surface area contributed by atoms with Crippen molar-refractivity contribution in [2.45, 2.75) is 59.4 Å². The van der Waals surface area contributed by atoms with Crippen molar-refractivity contribution in [3.8, 4) is 0 Å². The minimum absolute atomic E-state index is 0.113. The summed E-state index contributed by atoms with van der Waals surface area (Å²) < 4.78 is 0. The number of nitrogens with zero attached hydrogens (tertiary/aromatic N) is 1. The average Bonchev–Trinajstić information content (AvgIpc) is 2.55. The molecule has 0 aromatic carbocycles. The number of ketones is 1. The van der Waals surface area contributed by atoms with E-state index in [2.05, 4.69) is 25.7 Å². The van der Waals surface area contributed by atoms with Crippen LogP contribution >= 0.6 is 0 Å². The zero-order valence-corrected chi connectivity index (χ0v) is 17.3. The van der Waals surface area contributed by atoms with Gasteiger partial charge in [-0.05, 0) is 31.1 Å². The zero-order chi connectivity index (χ0) is 20.7. The van der Waals surface area contributed by atoms with Crippen LogP contribution in [0.4, 0.5) is 0 Å². The number of carbonyl (C=O) groups is 2. The molecule has 3 atom stereocenters. The highest BCUT2D eigenvalue weighted by molar-refractivity contribution is 5.93. The smallest absolute Gasteiger partial charge is 0.218 e. The van der Waals surface area contributed by atoms with E-state index < -0.39 is 5.91 Å². The molecule has 6 N–H and O–H groups in total. The van der Waals surface area contributed by atoms with E-state index in [0.29, 0.717) is 37.1 Å². The number of Topliss-reactive ketones (excluding diaryl/α,β-unsaturated/α-hetero) is 1. The van der Waals surface area contributed by atoms with E-state index in [-0.39, 0.29) is 36.0 Å². The molecule has 1 unspecified atom stereocenters. The lowest BCUT2D eigenvalue weighted by Gasteiger charge is -2.45. The summed E-state index contributed by atoms with van der Waals surface area (Å²) in [5.74, 6) is 0.789. The van der Waals surface area contributed by atoms with Gasteiger partial charge in [0.05, 0.1) is 11.9 Å². The molecule has 0 saturated carbocycles. The third-order valence-electron chi connectivity index (χ3n) is 5.44. The van der Waals surface area contributed by atoms with Gasteiger partial charge < -0.3 is 21.7 Å². The molecule has 154 valence electrons. The van der Waals surface area contributed by atoms with E-state index in [0.717, 1.165) is 12.8 Å². The summed E-state index contributed by atoms with van der Waals surface area (Å²) in [4.78, 5) is 26.4. The Morgan fingerprint density at radius 3 is 2.41 bits per heavy atom. The molecule has 1 fully saturated rings. The van der Waals surface area contributed by atoms with Crippen LogP contribution in [0.1, 0.15) is 53.4 Å². The highest BCUT2D eigenvalue weighted by Crippen LogP contribution is 2.35. The van der Waals surface area contributed by atoms with E-state index in [1.54, 1.807) is 0 Å². The summed E-state index contributed by atoms with van der Waals surface area (Å²) in [6.07, 6.45) is 2.40.